The highest BCUT2D eigenvalue weighted by atomic mass is 16.5. The molecule has 4 nitrogen and oxygen atoms in total. The molecule has 0 saturated heterocycles. The summed E-state index contributed by atoms with van der Waals surface area (Å²) in [5.41, 5.74) is 7.34. The third kappa shape index (κ3) is 3.81. The van der Waals surface area contributed by atoms with Crippen LogP contribution in [0.2, 0.25) is 0 Å². The summed E-state index contributed by atoms with van der Waals surface area (Å²) in [6.45, 7) is 1.25. The Kier molecular flexibility index (Phi) is 4.50. The minimum Gasteiger partial charge on any atom is -0.495 e. The first-order valence-corrected chi connectivity index (χ1v) is 6.15. The number of benzene rings is 2. The van der Waals surface area contributed by atoms with Gasteiger partial charge in [0.25, 0.3) is 0 Å². The topological polar surface area (TPSA) is 56.5 Å². The number of nitrogens with two attached hydrogens (primary N) is 1. The van der Waals surface area contributed by atoms with Crippen molar-refractivity contribution in [3.63, 3.8) is 0 Å². The van der Waals surface area contributed by atoms with Gasteiger partial charge in [-0.25, -0.2) is 0 Å². The molecule has 0 atom stereocenters. The summed E-state index contributed by atoms with van der Waals surface area (Å²) in [6.07, 6.45) is 0. The Bertz CT molecular complexity index is 529. The van der Waals surface area contributed by atoms with Crippen LogP contribution in [-0.4, -0.2) is 20.3 Å². The van der Waals surface area contributed by atoms with Crippen molar-refractivity contribution >= 4 is 11.4 Å². The highest BCUT2D eigenvalue weighted by Gasteiger charge is 2.00. The molecule has 0 aliphatic rings. The van der Waals surface area contributed by atoms with Crippen molar-refractivity contribution in [1.29, 1.82) is 0 Å². The number of ether oxygens (including phenoxy) is 2. The molecule has 100 valence electrons. The molecule has 0 heterocycles. The van der Waals surface area contributed by atoms with Gasteiger partial charge in [0.15, 0.2) is 0 Å². The zero-order chi connectivity index (χ0) is 13.5. The molecule has 0 radical (unpaired) electrons. The second-order valence-corrected chi connectivity index (χ2v) is 4.05. The van der Waals surface area contributed by atoms with E-state index in [2.05, 4.69) is 5.32 Å². The molecule has 0 bridgehead atoms. The van der Waals surface area contributed by atoms with E-state index in [1.54, 1.807) is 7.11 Å². The first-order valence-electron chi connectivity index (χ1n) is 6.15. The van der Waals surface area contributed by atoms with E-state index in [9.17, 15) is 0 Å². The van der Waals surface area contributed by atoms with Gasteiger partial charge >= 0.3 is 0 Å². The van der Waals surface area contributed by atoms with Gasteiger partial charge in [-0.3, -0.25) is 0 Å². The van der Waals surface area contributed by atoms with E-state index in [1.165, 1.54) is 0 Å². The molecule has 0 aliphatic heterocycles. The summed E-state index contributed by atoms with van der Waals surface area (Å²) in [6, 6.07) is 15.2. The molecule has 0 aliphatic carbocycles. The summed E-state index contributed by atoms with van der Waals surface area (Å²) >= 11 is 0. The van der Waals surface area contributed by atoms with Crippen molar-refractivity contribution in [2.24, 2.45) is 0 Å². The second kappa shape index (κ2) is 6.54. The van der Waals surface area contributed by atoms with E-state index in [4.69, 9.17) is 15.2 Å². The molecule has 0 fully saturated rings. The standard InChI is InChI=1S/C15H18N2O2/c1-18-15-8-3-2-7-14(15)17-9-10-19-13-6-4-5-12(16)11-13/h2-8,11,17H,9-10,16H2,1H3. The molecule has 0 amide bonds. The van der Waals surface area contributed by atoms with Gasteiger partial charge in [0.05, 0.1) is 12.8 Å². The maximum Gasteiger partial charge on any atom is 0.141 e. The first-order chi connectivity index (χ1) is 9.29. The van der Waals surface area contributed by atoms with Gasteiger partial charge < -0.3 is 20.5 Å². The fraction of sp³-hybridized carbons (Fsp3) is 0.200. The maximum atomic E-state index is 5.68. The number of anilines is 2. The van der Waals surface area contributed by atoms with Crippen molar-refractivity contribution in [2.75, 3.05) is 31.3 Å². The monoisotopic (exact) mass is 258 g/mol. The van der Waals surface area contributed by atoms with Gasteiger partial charge in [-0.05, 0) is 24.3 Å². The van der Waals surface area contributed by atoms with E-state index in [0.717, 1.165) is 17.2 Å². The molecule has 2 aromatic rings. The highest BCUT2D eigenvalue weighted by molar-refractivity contribution is 5.56. The average Bonchev–Trinajstić information content (AvgIpc) is 2.44. The molecular formula is C15H18N2O2. The van der Waals surface area contributed by atoms with Crippen LogP contribution in [0, 0.1) is 0 Å². The van der Waals surface area contributed by atoms with Crippen LogP contribution in [0.1, 0.15) is 0 Å². The molecule has 19 heavy (non-hydrogen) atoms. The number of methoxy groups -OCH3 is 1. The van der Waals surface area contributed by atoms with Gasteiger partial charge in [0, 0.05) is 18.3 Å². The van der Waals surface area contributed by atoms with Crippen LogP contribution >= 0.6 is 0 Å². The van der Waals surface area contributed by atoms with Crippen LogP contribution in [0.5, 0.6) is 11.5 Å². The second-order valence-electron chi connectivity index (χ2n) is 4.05. The van der Waals surface area contributed by atoms with Crippen molar-refractivity contribution in [1.82, 2.24) is 0 Å². The summed E-state index contributed by atoms with van der Waals surface area (Å²) in [5.74, 6) is 1.60. The lowest BCUT2D eigenvalue weighted by Crippen LogP contribution is -2.12. The quantitative estimate of drug-likeness (QED) is 0.618. The van der Waals surface area contributed by atoms with E-state index >= 15 is 0 Å². The minimum absolute atomic E-state index is 0.557. The van der Waals surface area contributed by atoms with Gasteiger partial charge in [-0.1, -0.05) is 18.2 Å². The molecule has 0 unspecified atom stereocenters. The number of rotatable bonds is 6. The Morgan fingerprint density at radius 3 is 2.74 bits per heavy atom. The fourth-order valence-corrected chi connectivity index (χ4v) is 1.75. The lowest BCUT2D eigenvalue weighted by Gasteiger charge is -2.11. The zero-order valence-electron chi connectivity index (χ0n) is 10.9. The lowest BCUT2D eigenvalue weighted by molar-refractivity contribution is 0.332. The molecule has 0 saturated carbocycles. The molecule has 4 heteroatoms. The average molecular weight is 258 g/mol. The van der Waals surface area contributed by atoms with Gasteiger partial charge in [0.1, 0.15) is 18.1 Å². The SMILES string of the molecule is COc1ccccc1NCCOc1cccc(N)c1. The smallest absolute Gasteiger partial charge is 0.141 e. The Labute approximate surface area is 113 Å². The van der Waals surface area contributed by atoms with Crippen LogP contribution in [-0.2, 0) is 0 Å². The molecule has 0 aromatic heterocycles. The van der Waals surface area contributed by atoms with E-state index in [1.807, 2.05) is 48.5 Å². The van der Waals surface area contributed by atoms with Crippen LogP contribution < -0.4 is 20.5 Å². The van der Waals surface area contributed by atoms with Crippen LogP contribution in [0.15, 0.2) is 48.5 Å². The van der Waals surface area contributed by atoms with E-state index in [-0.39, 0.29) is 0 Å². The van der Waals surface area contributed by atoms with Crippen molar-refractivity contribution in [3.05, 3.63) is 48.5 Å². The molecule has 0 spiro atoms. The number of hydrogen-bond donors (Lipinski definition) is 2. The lowest BCUT2D eigenvalue weighted by atomic mass is 10.3. The Hall–Kier alpha value is -2.36. The summed E-state index contributed by atoms with van der Waals surface area (Å²) in [7, 11) is 1.66. The molecule has 2 rings (SSSR count). The molecule has 2 aromatic carbocycles. The van der Waals surface area contributed by atoms with Crippen molar-refractivity contribution in [3.8, 4) is 11.5 Å². The number of para-hydroxylation sites is 2. The number of hydrogen-bond acceptors (Lipinski definition) is 4. The van der Waals surface area contributed by atoms with Crippen molar-refractivity contribution < 1.29 is 9.47 Å². The van der Waals surface area contributed by atoms with Crippen LogP contribution in [0.25, 0.3) is 0 Å². The maximum absolute atomic E-state index is 5.68. The molecule has 3 N–H and O–H groups in total. The van der Waals surface area contributed by atoms with E-state index < -0.39 is 0 Å². The third-order valence-corrected chi connectivity index (χ3v) is 2.65. The zero-order valence-corrected chi connectivity index (χ0v) is 10.9. The highest BCUT2D eigenvalue weighted by Crippen LogP contribution is 2.22. The van der Waals surface area contributed by atoms with Crippen LogP contribution in [0.4, 0.5) is 11.4 Å². The first kappa shape index (κ1) is 13.1. The summed E-state index contributed by atoms with van der Waals surface area (Å²) in [4.78, 5) is 0. The molecular weight excluding hydrogens is 240 g/mol. The minimum atomic E-state index is 0.557. The fourth-order valence-electron chi connectivity index (χ4n) is 1.75. The summed E-state index contributed by atoms with van der Waals surface area (Å²) in [5, 5.41) is 3.27. The Morgan fingerprint density at radius 1 is 1.11 bits per heavy atom. The van der Waals surface area contributed by atoms with E-state index in [0.29, 0.717) is 18.8 Å². The van der Waals surface area contributed by atoms with Crippen molar-refractivity contribution in [2.45, 2.75) is 0 Å². The van der Waals surface area contributed by atoms with Gasteiger partial charge in [-0.2, -0.15) is 0 Å². The normalized spacial score (nSPS) is 9.95. The van der Waals surface area contributed by atoms with Crippen LogP contribution in [0.3, 0.4) is 0 Å². The Balaban J connectivity index is 1.81. The van der Waals surface area contributed by atoms with Gasteiger partial charge in [-0.15, -0.1) is 0 Å². The van der Waals surface area contributed by atoms with Gasteiger partial charge in [0.2, 0.25) is 0 Å². The largest absolute Gasteiger partial charge is 0.495 e. The summed E-state index contributed by atoms with van der Waals surface area (Å²) < 4.78 is 10.9. The number of nitrogen functional groups attached to an aromatic ring is 1. The predicted molar refractivity (Wildman–Crippen MR) is 77.8 cm³/mol. The Morgan fingerprint density at radius 2 is 1.95 bits per heavy atom. The number of nitrogens with one attached hydrogen (secondary N) is 1. The predicted octanol–water partition coefficient (Wildman–Crippen LogP) is 2.77. The third-order valence-electron chi connectivity index (χ3n) is 2.65.